The van der Waals surface area contributed by atoms with Crippen molar-refractivity contribution >= 4 is 21.4 Å². The molecule has 86 valence electrons. The zero-order valence-electron chi connectivity index (χ0n) is 10.2. The average Bonchev–Trinajstić information content (AvgIpc) is 2.56. The van der Waals surface area contributed by atoms with Crippen molar-refractivity contribution in [3.8, 4) is 0 Å². The zero-order chi connectivity index (χ0) is 11.7. The number of nitrogens with two attached hydrogens (primary N) is 1. The summed E-state index contributed by atoms with van der Waals surface area (Å²) in [7, 11) is 0. The number of fused-ring (bicyclic) bond motifs is 1. The minimum atomic E-state index is 0.599. The Morgan fingerprint density at radius 2 is 2.06 bits per heavy atom. The Labute approximate surface area is 101 Å². The SMILES string of the molecule is Cc1c(CCN)sc2ccc(C(C)C)cc12. The first-order chi connectivity index (χ1) is 7.63. The van der Waals surface area contributed by atoms with Crippen LogP contribution in [0.4, 0.5) is 0 Å². The van der Waals surface area contributed by atoms with Crippen molar-refractivity contribution < 1.29 is 0 Å². The van der Waals surface area contributed by atoms with Gasteiger partial charge in [-0.2, -0.15) is 0 Å². The topological polar surface area (TPSA) is 26.0 Å². The van der Waals surface area contributed by atoms with Gasteiger partial charge in [0, 0.05) is 9.58 Å². The molecule has 2 rings (SSSR count). The molecular weight excluding hydrogens is 214 g/mol. The van der Waals surface area contributed by atoms with Crippen molar-refractivity contribution in [2.24, 2.45) is 5.73 Å². The van der Waals surface area contributed by atoms with E-state index >= 15 is 0 Å². The van der Waals surface area contributed by atoms with E-state index in [0.717, 1.165) is 13.0 Å². The van der Waals surface area contributed by atoms with E-state index < -0.39 is 0 Å². The fourth-order valence-electron chi connectivity index (χ4n) is 2.02. The lowest BCUT2D eigenvalue weighted by Gasteiger charge is -2.05. The molecule has 0 amide bonds. The first-order valence-electron chi connectivity index (χ1n) is 5.85. The fourth-order valence-corrected chi connectivity index (χ4v) is 3.22. The first-order valence-corrected chi connectivity index (χ1v) is 6.67. The van der Waals surface area contributed by atoms with Gasteiger partial charge >= 0.3 is 0 Å². The van der Waals surface area contributed by atoms with Crippen LogP contribution in [0.2, 0.25) is 0 Å². The van der Waals surface area contributed by atoms with Crippen LogP contribution in [0.5, 0.6) is 0 Å². The third-order valence-electron chi connectivity index (χ3n) is 3.10. The lowest BCUT2D eigenvalue weighted by atomic mass is 10.0. The van der Waals surface area contributed by atoms with Crippen LogP contribution < -0.4 is 5.73 Å². The van der Waals surface area contributed by atoms with Crippen LogP contribution in [0.3, 0.4) is 0 Å². The van der Waals surface area contributed by atoms with Gasteiger partial charge in [-0.15, -0.1) is 11.3 Å². The fraction of sp³-hybridized carbons (Fsp3) is 0.429. The Bertz CT molecular complexity index is 497. The Morgan fingerprint density at radius 3 is 2.69 bits per heavy atom. The van der Waals surface area contributed by atoms with Crippen LogP contribution in [-0.2, 0) is 6.42 Å². The number of hydrogen-bond donors (Lipinski definition) is 1. The molecule has 0 saturated carbocycles. The molecule has 0 aliphatic carbocycles. The van der Waals surface area contributed by atoms with Crippen molar-refractivity contribution in [2.75, 3.05) is 6.54 Å². The van der Waals surface area contributed by atoms with Crippen LogP contribution >= 0.6 is 11.3 Å². The Hall–Kier alpha value is -0.860. The number of aryl methyl sites for hydroxylation is 1. The predicted octanol–water partition coefficient (Wildman–Crippen LogP) is 3.83. The molecule has 1 aromatic carbocycles. The van der Waals surface area contributed by atoms with Gasteiger partial charge in [0.1, 0.15) is 0 Å². The molecule has 0 unspecified atom stereocenters. The van der Waals surface area contributed by atoms with Gasteiger partial charge < -0.3 is 5.73 Å². The van der Waals surface area contributed by atoms with E-state index in [1.165, 1.54) is 26.1 Å². The summed E-state index contributed by atoms with van der Waals surface area (Å²) in [5, 5.41) is 1.42. The highest BCUT2D eigenvalue weighted by Gasteiger charge is 2.09. The van der Waals surface area contributed by atoms with E-state index in [9.17, 15) is 0 Å². The molecule has 0 spiro atoms. The van der Waals surface area contributed by atoms with Crippen LogP contribution in [0.1, 0.15) is 35.8 Å². The molecule has 0 aliphatic rings. The smallest absolute Gasteiger partial charge is 0.0348 e. The lowest BCUT2D eigenvalue weighted by molar-refractivity contribution is 0.869. The summed E-state index contributed by atoms with van der Waals surface area (Å²) in [5.74, 6) is 0.599. The summed E-state index contributed by atoms with van der Waals surface area (Å²) < 4.78 is 1.39. The van der Waals surface area contributed by atoms with Gasteiger partial charge in [-0.1, -0.05) is 19.9 Å². The molecular formula is C14H19NS. The monoisotopic (exact) mass is 233 g/mol. The number of benzene rings is 1. The molecule has 0 aliphatic heterocycles. The molecule has 0 bridgehead atoms. The molecule has 16 heavy (non-hydrogen) atoms. The molecule has 0 atom stereocenters. The Morgan fingerprint density at radius 1 is 1.31 bits per heavy atom. The van der Waals surface area contributed by atoms with Gasteiger partial charge in [0.15, 0.2) is 0 Å². The second-order valence-corrected chi connectivity index (χ2v) is 5.74. The third kappa shape index (κ3) is 2.00. The van der Waals surface area contributed by atoms with Gasteiger partial charge in [0.05, 0.1) is 0 Å². The van der Waals surface area contributed by atoms with Crippen molar-refractivity contribution in [3.05, 3.63) is 34.2 Å². The normalized spacial score (nSPS) is 11.6. The summed E-state index contributed by atoms with van der Waals surface area (Å²) in [6.07, 6.45) is 1.00. The highest BCUT2D eigenvalue weighted by atomic mass is 32.1. The predicted molar refractivity (Wildman–Crippen MR) is 73.4 cm³/mol. The molecule has 0 saturated heterocycles. The van der Waals surface area contributed by atoms with Crippen LogP contribution in [0, 0.1) is 6.92 Å². The standard InChI is InChI=1S/C14H19NS/c1-9(2)11-4-5-14-12(8-11)10(3)13(16-14)6-7-15/h4-5,8-9H,6-7,15H2,1-3H3. The molecule has 1 nitrogen and oxygen atoms in total. The molecule has 0 radical (unpaired) electrons. The molecule has 1 heterocycles. The van der Waals surface area contributed by atoms with Crippen molar-refractivity contribution in [2.45, 2.75) is 33.1 Å². The van der Waals surface area contributed by atoms with Gasteiger partial charge in [-0.3, -0.25) is 0 Å². The summed E-state index contributed by atoms with van der Waals surface area (Å²) >= 11 is 1.89. The maximum Gasteiger partial charge on any atom is 0.0348 e. The van der Waals surface area contributed by atoms with Gasteiger partial charge in [0.2, 0.25) is 0 Å². The lowest BCUT2D eigenvalue weighted by Crippen LogP contribution is -2.01. The van der Waals surface area contributed by atoms with Crippen LogP contribution in [0.15, 0.2) is 18.2 Å². The highest BCUT2D eigenvalue weighted by molar-refractivity contribution is 7.19. The van der Waals surface area contributed by atoms with Crippen LogP contribution in [-0.4, -0.2) is 6.54 Å². The van der Waals surface area contributed by atoms with Gasteiger partial charge in [-0.25, -0.2) is 0 Å². The van der Waals surface area contributed by atoms with Crippen molar-refractivity contribution in [3.63, 3.8) is 0 Å². The maximum atomic E-state index is 5.64. The second kappa shape index (κ2) is 4.56. The quantitative estimate of drug-likeness (QED) is 0.856. The molecule has 2 heteroatoms. The van der Waals surface area contributed by atoms with Crippen LogP contribution in [0.25, 0.3) is 10.1 Å². The molecule has 2 aromatic rings. The van der Waals surface area contributed by atoms with E-state index in [2.05, 4.69) is 39.0 Å². The molecule has 0 fully saturated rings. The summed E-state index contributed by atoms with van der Waals surface area (Å²) in [5.41, 5.74) is 8.48. The van der Waals surface area contributed by atoms with E-state index in [1.54, 1.807) is 0 Å². The van der Waals surface area contributed by atoms with Gasteiger partial charge in [-0.05, 0) is 54.5 Å². The largest absolute Gasteiger partial charge is 0.330 e. The Balaban J connectivity index is 2.55. The summed E-state index contributed by atoms with van der Waals surface area (Å²) in [6.45, 7) is 7.44. The van der Waals surface area contributed by atoms with E-state index in [-0.39, 0.29) is 0 Å². The first kappa shape index (κ1) is 11.6. The number of rotatable bonds is 3. The van der Waals surface area contributed by atoms with Gasteiger partial charge in [0.25, 0.3) is 0 Å². The van der Waals surface area contributed by atoms with E-state index in [0.29, 0.717) is 5.92 Å². The number of thiophene rings is 1. The summed E-state index contributed by atoms with van der Waals surface area (Å²) in [6, 6.07) is 6.84. The summed E-state index contributed by atoms with van der Waals surface area (Å²) in [4.78, 5) is 1.44. The third-order valence-corrected chi connectivity index (χ3v) is 4.43. The molecule has 2 N–H and O–H groups in total. The van der Waals surface area contributed by atoms with Crippen molar-refractivity contribution in [1.29, 1.82) is 0 Å². The Kier molecular flexibility index (Phi) is 3.31. The van der Waals surface area contributed by atoms with Crippen molar-refractivity contribution in [1.82, 2.24) is 0 Å². The average molecular weight is 233 g/mol. The zero-order valence-corrected chi connectivity index (χ0v) is 11.0. The van der Waals surface area contributed by atoms with E-state index in [4.69, 9.17) is 5.73 Å². The minimum absolute atomic E-state index is 0.599. The second-order valence-electron chi connectivity index (χ2n) is 4.60. The van der Waals surface area contributed by atoms with E-state index in [1.807, 2.05) is 11.3 Å². The minimum Gasteiger partial charge on any atom is -0.330 e. The highest BCUT2D eigenvalue weighted by Crippen LogP contribution is 2.33. The number of hydrogen-bond acceptors (Lipinski definition) is 2. The molecule has 1 aromatic heterocycles. The maximum absolute atomic E-state index is 5.64.